The van der Waals surface area contributed by atoms with E-state index in [1.165, 1.54) is 0 Å². The van der Waals surface area contributed by atoms with Crippen LogP contribution in [0.3, 0.4) is 0 Å². The third kappa shape index (κ3) is 6.40. The van der Waals surface area contributed by atoms with Crippen LogP contribution in [0.15, 0.2) is 0 Å². The number of rotatable bonds is 3. The van der Waals surface area contributed by atoms with E-state index in [0.717, 1.165) is 6.61 Å². The Morgan fingerprint density at radius 2 is 2.00 bits per heavy atom. The first-order valence-electron chi connectivity index (χ1n) is 2.45. The molecule has 0 saturated carbocycles. The van der Waals surface area contributed by atoms with Crippen molar-refractivity contribution in [2.45, 2.75) is 20.1 Å². The summed E-state index contributed by atoms with van der Waals surface area (Å²) in [5.41, 5.74) is 0. The molecule has 0 bridgehead atoms. The molecule has 8 heavy (non-hydrogen) atoms. The van der Waals surface area contributed by atoms with Crippen LogP contribution in [0.4, 0.5) is 0 Å². The highest BCUT2D eigenvalue weighted by Crippen LogP contribution is 1.87. The molecule has 0 aromatic carbocycles. The zero-order valence-corrected chi connectivity index (χ0v) is 7.22. The summed E-state index contributed by atoms with van der Waals surface area (Å²) in [6, 6.07) is 0. The van der Waals surface area contributed by atoms with Gasteiger partial charge in [0.2, 0.25) is 0 Å². The van der Waals surface area contributed by atoms with Crippen molar-refractivity contribution in [1.29, 1.82) is 0 Å². The van der Waals surface area contributed by atoms with Crippen LogP contribution in [0.25, 0.3) is 0 Å². The lowest BCUT2D eigenvalue weighted by molar-refractivity contribution is -0.106. The topological polar surface area (TPSA) is 18.5 Å². The molecule has 0 fully saturated rings. The highest BCUT2D eigenvalue weighted by atomic mass is 79.9. The molecule has 1 atom stereocenters. The second-order valence-corrected chi connectivity index (χ2v) is 1.26. The van der Waals surface area contributed by atoms with Crippen molar-refractivity contribution < 1.29 is 9.47 Å². The Hall–Kier alpha value is 0.400. The molecule has 0 aliphatic heterocycles. The van der Waals surface area contributed by atoms with Crippen LogP contribution in [0.1, 0.15) is 13.8 Å². The highest BCUT2D eigenvalue weighted by molar-refractivity contribution is 8.93. The molecule has 52 valence electrons. The number of hydrogen-bond donors (Lipinski definition) is 0. The van der Waals surface area contributed by atoms with Gasteiger partial charge in [0, 0.05) is 13.7 Å². The Morgan fingerprint density at radius 3 is 2.12 bits per heavy atom. The average molecular weight is 185 g/mol. The summed E-state index contributed by atoms with van der Waals surface area (Å²) >= 11 is 0. The molecule has 0 aliphatic carbocycles. The van der Waals surface area contributed by atoms with Crippen LogP contribution < -0.4 is 0 Å². The van der Waals surface area contributed by atoms with E-state index >= 15 is 0 Å². The van der Waals surface area contributed by atoms with Gasteiger partial charge in [-0.25, -0.2) is 0 Å². The Morgan fingerprint density at radius 1 is 1.50 bits per heavy atom. The van der Waals surface area contributed by atoms with Crippen LogP contribution in [0.2, 0.25) is 0 Å². The molecule has 2 nitrogen and oxygen atoms in total. The molecule has 0 heterocycles. The van der Waals surface area contributed by atoms with Gasteiger partial charge in [-0.2, -0.15) is 0 Å². The maximum absolute atomic E-state index is 4.97. The SMILES string of the molecule is Br.CCOC(C)OC. The minimum atomic E-state index is -0.0509. The fourth-order valence-electron chi connectivity index (χ4n) is 0.303. The number of methoxy groups -OCH3 is 1. The summed E-state index contributed by atoms with van der Waals surface area (Å²) in [6.45, 7) is 4.52. The minimum Gasteiger partial charge on any atom is -0.356 e. The van der Waals surface area contributed by atoms with Crippen molar-refractivity contribution in [3.63, 3.8) is 0 Å². The van der Waals surface area contributed by atoms with Gasteiger partial charge in [0.1, 0.15) is 0 Å². The van der Waals surface area contributed by atoms with Crippen molar-refractivity contribution in [1.82, 2.24) is 0 Å². The summed E-state index contributed by atoms with van der Waals surface area (Å²) in [6.07, 6.45) is -0.0509. The minimum absolute atomic E-state index is 0. The zero-order chi connectivity index (χ0) is 5.70. The Labute approximate surface area is 60.9 Å². The van der Waals surface area contributed by atoms with Crippen molar-refractivity contribution in [3.05, 3.63) is 0 Å². The quantitative estimate of drug-likeness (QED) is 0.621. The van der Waals surface area contributed by atoms with E-state index in [4.69, 9.17) is 9.47 Å². The van der Waals surface area contributed by atoms with E-state index in [1.54, 1.807) is 7.11 Å². The lowest BCUT2D eigenvalue weighted by Gasteiger charge is -2.06. The van der Waals surface area contributed by atoms with Crippen molar-refractivity contribution >= 4 is 17.0 Å². The van der Waals surface area contributed by atoms with E-state index < -0.39 is 0 Å². The van der Waals surface area contributed by atoms with E-state index in [1.807, 2.05) is 13.8 Å². The molecule has 0 aromatic heterocycles. The molecule has 0 aromatic rings. The molecule has 0 aliphatic rings. The summed E-state index contributed by atoms with van der Waals surface area (Å²) in [5.74, 6) is 0. The zero-order valence-electron chi connectivity index (χ0n) is 5.51. The van der Waals surface area contributed by atoms with Crippen LogP contribution in [0, 0.1) is 0 Å². The lowest BCUT2D eigenvalue weighted by atomic mass is 10.7. The van der Waals surface area contributed by atoms with E-state index in [2.05, 4.69) is 0 Å². The summed E-state index contributed by atoms with van der Waals surface area (Å²) < 4.78 is 9.74. The Bertz CT molecular complexity index is 41.4. The average Bonchev–Trinajstić information content (AvgIpc) is 1.68. The summed E-state index contributed by atoms with van der Waals surface area (Å²) in [5, 5.41) is 0. The third-order valence-corrected chi connectivity index (χ3v) is 0.733. The van der Waals surface area contributed by atoms with E-state index in [-0.39, 0.29) is 23.3 Å². The van der Waals surface area contributed by atoms with Crippen LogP contribution >= 0.6 is 17.0 Å². The fraction of sp³-hybridized carbons (Fsp3) is 1.00. The molecular formula is C5H13BrO2. The first-order valence-corrected chi connectivity index (χ1v) is 2.45. The number of ether oxygens (including phenoxy) is 2. The lowest BCUT2D eigenvalue weighted by Crippen LogP contribution is -2.08. The predicted octanol–water partition coefficient (Wildman–Crippen LogP) is 1.59. The standard InChI is InChI=1S/C5H12O2.BrH/c1-4-7-5(2)6-3;/h5H,4H2,1-3H3;1H. The Balaban J connectivity index is 0. The predicted molar refractivity (Wildman–Crippen MR) is 38.4 cm³/mol. The number of halogens is 1. The van der Waals surface area contributed by atoms with Crippen LogP contribution in [-0.2, 0) is 9.47 Å². The summed E-state index contributed by atoms with van der Waals surface area (Å²) in [7, 11) is 1.63. The summed E-state index contributed by atoms with van der Waals surface area (Å²) in [4.78, 5) is 0. The van der Waals surface area contributed by atoms with Crippen LogP contribution in [-0.4, -0.2) is 20.0 Å². The molecule has 0 N–H and O–H groups in total. The molecular weight excluding hydrogens is 172 g/mol. The Kier molecular flexibility index (Phi) is 10.4. The second-order valence-electron chi connectivity index (χ2n) is 1.26. The fourth-order valence-corrected chi connectivity index (χ4v) is 0.303. The molecule has 0 radical (unpaired) electrons. The van der Waals surface area contributed by atoms with Gasteiger partial charge >= 0.3 is 0 Å². The van der Waals surface area contributed by atoms with Crippen LogP contribution in [0.5, 0.6) is 0 Å². The second kappa shape index (κ2) is 7.40. The monoisotopic (exact) mass is 184 g/mol. The van der Waals surface area contributed by atoms with E-state index in [0.29, 0.717) is 0 Å². The molecule has 3 heteroatoms. The van der Waals surface area contributed by atoms with Gasteiger partial charge in [0.25, 0.3) is 0 Å². The van der Waals surface area contributed by atoms with Gasteiger partial charge in [0.15, 0.2) is 6.29 Å². The van der Waals surface area contributed by atoms with Gasteiger partial charge in [-0.15, -0.1) is 17.0 Å². The van der Waals surface area contributed by atoms with Gasteiger partial charge in [0.05, 0.1) is 0 Å². The van der Waals surface area contributed by atoms with Crippen molar-refractivity contribution in [2.24, 2.45) is 0 Å². The molecule has 0 saturated heterocycles. The van der Waals surface area contributed by atoms with E-state index in [9.17, 15) is 0 Å². The van der Waals surface area contributed by atoms with Gasteiger partial charge < -0.3 is 9.47 Å². The number of hydrogen-bond acceptors (Lipinski definition) is 2. The maximum Gasteiger partial charge on any atom is 0.154 e. The van der Waals surface area contributed by atoms with Gasteiger partial charge in [-0.05, 0) is 13.8 Å². The first-order chi connectivity index (χ1) is 3.31. The largest absolute Gasteiger partial charge is 0.356 e. The van der Waals surface area contributed by atoms with Crippen molar-refractivity contribution in [2.75, 3.05) is 13.7 Å². The van der Waals surface area contributed by atoms with Gasteiger partial charge in [-0.1, -0.05) is 0 Å². The molecule has 0 spiro atoms. The maximum atomic E-state index is 4.97. The smallest absolute Gasteiger partial charge is 0.154 e. The van der Waals surface area contributed by atoms with Gasteiger partial charge in [-0.3, -0.25) is 0 Å². The molecule has 0 amide bonds. The highest BCUT2D eigenvalue weighted by Gasteiger charge is 1.91. The molecule has 0 rings (SSSR count). The first kappa shape index (κ1) is 11.2. The normalized spacial score (nSPS) is 12.4. The van der Waals surface area contributed by atoms with Crippen molar-refractivity contribution in [3.8, 4) is 0 Å². The molecule has 1 unspecified atom stereocenters. The third-order valence-electron chi connectivity index (χ3n) is 0.733.